The summed E-state index contributed by atoms with van der Waals surface area (Å²) in [4.78, 5) is 16.9. The van der Waals surface area contributed by atoms with Crippen LogP contribution in [-0.4, -0.2) is 55.1 Å². The zero-order chi connectivity index (χ0) is 17.4. The molecular weight excluding hydrogens is 316 g/mol. The third-order valence-corrected chi connectivity index (χ3v) is 5.09. The molecule has 25 heavy (non-hydrogen) atoms. The number of methoxy groups -OCH3 is 1. The molecule has 1 saturated heterocycles. The summed E-state index contributed by atoms with van der Waals surface area (Å²) >= 11 is 0. The molecule has 1 fully saturated rings. The lowest BCUT2D eigenvalue weighted by molar-refractivity contribution is 0.0682. The van der Waals surface area contributed by atoms with Gasteiger partial charge in [-0.05, 0) is 29.8 Å². The Morgan fingerprint density at radius 3 is 2.64 bits per heavy atom. The van der Waals surface area contributed by atoms with Crippen molar-refractivity contribution in [3.63, 3.8) is 0 Å². The van der Waals surface area contributed by atoms with Gasteiger partial charge in [-0.1, -0.05) is 24.3 Å². The molecule has 1 amide bonds. The van der Waals surface area contributed by atoms with Crippen molar-refractivity contribution < 1.29 is 14.3 Å². The Kier molecular flexibility index (Phi) is 4.09. The van der Waals surface area contributed by atoms with E-state index in [4.69, 9.17) is 9.47 Å². The number of benzene rings is 2. The second kappa shape index (κ2) is 6.41. The van der Waals surface area contributed by atoms with Crippen LogP contribution in [0.4, 0.5) is 0 Å². The molecule has 5 nitrogen and oxygen atoms in total. The fourth-order valence-electron chi connectivity index (χ4n) is 3.69. The van der Waals surface area contributed by atoms with Crippen molar-refractivity contribution >= 4 is 5.91 Å². The summed E-state index contributed by atoms with van der Waals surface area (Å²) in [6.07, 6.45) is -0.00384. The number of carbonyl (C=O) groups is 1. The van der Waals surface area contributed by atoms with E-state index < -0.39 is 0 Å². The van der Waals surface area contributed by atoms with E-state index in [2.05, 4.69) is 17.0 Å². The predicted molar refractivity (Wildman–Crippen MR) is 95.0 cm³/mol. The summed E-state index contributed by atoms with van der Waals surface area (Å²) < 4.78 is 11.4. The number of likely N-dealkylation sites (N-methyl/N-ethyl adjacent to an activating group) is 1. The van der Waals surface area contributed by atoms with Crippen molar-refractivity contribution in [1.82, 2.24) is 9.80 Å². The molecule has 4 rings (SSSR count). The molecule has 2 aromatic carbocycles. The van der Waals surface area contributed by atoms with Gasteiger partial charge in [0, 0.05) is 26.7 Å². The van der Waals surface area contributed by atoms with Crippen LogP contribution in [-0.2, 0) is 6.54 Å². The maximum Gasteiger partial charge on any atom is 0.257 e. The van der Waals surface area contributed by atoms with Crippen LogP contribution in [0.15, 0.2) is 48.5 Å². The second-order valence-corrected chi connectivity index (χ2v) is 6.68. The number of nitrogens with zero attached hydrogens (tertiary/aromatic N) is 2. The first-order chi connectivity index (χ1) is 12.2. The molecule has 0 aromatic heterocycles. The minimum Gasteiger partial charge on any atom is -0.497 e. The lowest BCUT2D eigenvalue weighted by atomic mass is 10.1. The molecule has 0 saturated carbocycles. The molecular formula is C20H22N2O3. The lowest BCUT2D eigenvalue weighted by Crippen LogP contribution is -2.44. The SMILES string of the molecule is COc1ccc(CN2CC3Oc4ccccc4C(=O)N(C)C3C2)cc1. The lowest BCUT2D eigenvalue weighted by Gasteiger charge is -2.25. The van der Waals surface area contributed by atoms with Crippen molar-refractivity contribution in [2.24, 2.45) is 0 Å². The van der Waals surface area contributed by atoms with Crippen molar-refractivity contribution in [1.29, 1.82) is 0 Å². The Bertz CT molecular complexity index is 775. The first kappa shape index (κ1) is 16.0. The number of amides is 1. The van der Waals surface area contributed by atoms with Gasteiger partial charge in [0.2, 0.25) is 0 Å². The quantitative estimate of drug-likeness (QED) is 0.862. The normalized spacial score (nSPS) is 22.8. The smallest absolute Gasteiger partial charge is 0.257 e. The van der Waals surface area contributed by atoms with Gasteiger partial charge in [-0.25, -0.2) is 0 Å². The Morgan fingerprint density at radius 2 is 1.88 bits per heavy atom. The molecule has 5 heteroatoms. The second-order valence-electron chi connectivity index (χ2n) is 6.68. The van der Waals surface area contributed by atoms with Gasteiger partial charge in [0.1, 0.15) is 17.6 Å². The summed E-state index contributed by atoms with van der Waals surface area (Å²) in [5.41, 5.74) is 1.88. The number of fused-ring (bicyclic) bond motifs is 2. The van der Waals surface area contributed by atoms with Crippen LogP contribution < -0.4 is 9.47 Å². The van der Waals surface area contributed by atoms with Gasteiger partial charge >= 0.3 is 0 Å². The van der Waals surface area contributed by atoms with E-state index in [1.807, 2.05) is 48.3 Å². The molecule has 0 N–H and O–H groups in total. The Balaban J connectivity index is 1.52. The fraction of sp³-hybridized carbons (Fsp3) is 0.350. The zero-order valence-corrected chi connectivity index (χ0v) is 14.5. The Labute approximate surface area is 147 Å². The van der Waals surface area contributed by atoms with E-state index in [9.17, 15) is 4.79 Å². The average Bonchev–Trinajstić information content (AvgIpc) is 3.00. The van der Waals surface area contributed by atoms with Crippen LogP contribution in [0.3, 0.4) is 0 Å². The number of carbonyl (C=O) groups excluding carboxylic acids is 1. The highest BCUT2D eigenvalue weighted by Gasteiger charge is 2.41. The zero-order valence-electron chi connectivity index (χ0n) is 14.5. The molecule has 0 aliphatic carbocycles. The van der Waals surface area contributed by atoms with Crippen molar-refractivity contribution in [3.8, 4) is 11.5 Å². The molecule has 2 aliphatic rings. The minimum absolute atomic E-state index is 0.00384. The largest absolute Gasteiger partial charge is 0.497 e. The summed E-state index contributed by atoms with van der Waals surface area (Å²) in [5, 5.41) is 0. The number of hydrogen-bond donors (Lipinski definition) is 0. The van der Waals surface area contributed by atoms with Crippen LogP contribution in [0, 0.1) is 0 Å². The first-order valence-electron chi connectivity index (χ1n) is 8.54. The number of rotatable bonds is 3. The van der Waals surface area contributed by atoms with Crippen LogP contribution in [0.1, 0.15) is 15.9 Å². The topological polar surface area (TPSA) is 42.0 Å². The van der Waals surface area contributed by atoms with Crippen LogP contribution in [0.25, 0.3) is 0 Å². The highest BCUT2D eigenvalue weighted by atomic mass is 16.5. The van der Waals surface area contributed by atoms with Crippen LogP contribution in [0.5, 0.6) is 11.5 Å². The van der Waals surface area contributed by atoms with E-state index in [1.165, 1.54) is 5.56 Å². The minimum atomic E-state index is -0.00384. The Hall–Kier alpha value is -2.53. The molecule has 0 bridgehead atoms. The van der Waals surface area contributed by atoms with E-state index in [0.717, 1.165) is 25.4 Å². The molecule has 2 aliphatic heterocycles. The van der Waals surface area contributed by atoms with Crippen molar-refractivity contribution in [2.45, 2.75) is 18.7 Å². The standard InChI is InChI=1S/C20H22N2O3/c1-21-17-12-22(11-14-7-9-15(24-2)10-8-14)13-19(17)25-18-6-4-3-5-16(18)20(21)23/h3-10,17,19H,11-13H2,1-2H3. The van der Waals surface area contributed by atoms with Gasteiger partial charge in [0.25, 0.3) is 5.91 Å². The number of hydrogen-bond acceptors (Lipinski definition) is 4. The molecule has 2 atom stereocenters. The molecule has 130 valence electrons. The predicted octanol–water partition coefficient (Wildman–Crippen LogP) is 2.41. The summed E-state index contributed by atoms with van der Waals surface area (Å²) in [5.74, 6) is 1.59. The number of likely N-dealkylation sites (tertiary alicyclic amines) is 1. The van der Waals surface area contributed by atoms with Gasteiger partial charge in [0.05, 0.1) is 18.7 Å². The van der Waals surface area contributed by atoms with Crippen molar-refractivity contribution in [2.75, 3.05) is 27.2 Å². The molecule has 2 aromatic rings. The van der Waals surface area contributed by atoms with Crippen LogP contribution >= 0.6 is 0 Å². The average molecular weight is 338 g/mol. The molecule has 2 unspecified atom stereocenters. The van der Waals surface area contributed by atoms with Gasteiger partial charge < -0.3 is 14.4 Å². The Morgan fingerprint density at radius 1 is 1.12 bits per heavy atom. The highest BCUT2D eigenvalue weighted by molar-refractivity contribution is 5.97. The first-order valence-corrected chi connectivity index (χ1v) is 8.54. The van der Waals surface area contributed by atoms with Gasteiger partial charge in [0.15, 0.2) is 0 Å². The molecule has 2 heterocycles. The monoisotopic (exact) mass is 338 g/mol. The van der Waals surface area contributed by atoms with E-state index in [-0.39, 0.29) is 18.1 Å². The maximum absolute atomic E-state index is 12.7. The summed E-state index contributed by atoms with van der Waals surface area (Å²) in [6, 6.07) is 15.7. The van der Waals surface area contributed by atoms with Crippen LogP contribution in [0.2, 0.25) is 0 Å². The third-order valence-electron chi connectivity index (χ3n) is 5.09. The van der Waals surface area contributed by atoms with Crippen molar-refractivity contribution in [3.05, 3.63) is 59.7 Å². The van der Waals surface area contributed by atoms with E-state index >= 15 is 0 Å². The highest BCUT2D eigenvalue weighted by Crippen LogP contribution is 2.31. The number of ether oxygens (including phenoxy) is 2. The fourth-order valence-corrected chi connectivity index (χ4v) is 3.69. The van der Waals surface area contributed by atoms with Gasteiger partial charge in [-0.15, -0.1) is 0 Å². The number of para-hydroxylation sites is 1. The maximum atomic E-state index is 12.7. The molecule has 0 radical (unpaired) electrons. The summed E-state index contributed by atoms with van der Waals surface area (Å²) in [6.45, 7) is 2.46. The third kappa shape index (κ3) is 2.96. The van der Waals surface area contributed by atoms with E-state index in [1.54, 1.807) is 7.11 Å². The molecule has 0 spiro atoms. The summed E-state index contributed by atoms with van der Waals surface area (Å²) in [7, 11) is 3.55. The van der Waals surface area contributed by atoms with Gasteiger partial charge in [-0.2, -0.15) is 0 Å². The van der Waals surface area contributed by atoms with Gasteiger partial charge in [-0.3, -0.25) is 9.69 Å². The van der Waals surface area contributed by atoms with E-state index in [0.29, 0.717) is 11.3 Å².